The highest BCUT2D eigenvalue weighted by Crippen LogP contribution is 2.34. The van der Waals surface area contributed by atoms with Gasteiger partial charge in [0.1, 0.15) is 11.4 Å². The topological polar surface area (TPSA) is 21.3 Å². The minimum Gasteiger partial charge on any atom is -0.486 e. The van der Waals surface area contributed by atoms with Gasteiger partial charge in [-0.05, 0) is 32.0 Å². The second kappa shape index (κ2) is 3.35. The predicted octanol–water partition coefficient (Wildman–Crippen LogP) is 3.31. The monoisotopic (exact) mass is 211 g/mol. The van der Waals surface area contributed by atoms with Crippen molar-refractivity contribution in [1.29, 1.82) is 0 Å². The summed E-state index contributed by atoms with van der Waals surface area (Å²) >= 11 is 5.91. The average molecular weight is 212 g/mol. The van der Waals surface area contributed by atoms with E-state index in [1.165, 1.54) is 0 Å². The third kappa shape index (κ3) is 1.95. The third-order valence-electron chi connectivity index (χ3n) is 2.37. The standard InChI is InChI=1S/C11H14ClNO/c1-11(2)5-6-13-9-7-8(12)3-4-10(9)14-11/h3-4,7,13H,5-6H2,1-2H3. The van der Waals surface area contributed by atoms with Gasteiger partial charge >= 0.3 is 0 Å². The molecule has 1 heterocycles. The van der Waals surface area contributed by atoms with E-state index in [9.17, 15) is 0 Å². The van der Waals surface area contributed by atoms with Crippen LogP contribution >= 0.6 is 11.6 Å². The number of ether oxygens (including phenoxy) is 1. The van der Waals surface area contributed by atoms with Gasteiger partial charge in [-0.15, -0.1) is 0 Å². The molecule has 0 saturated heterocycles. The first-order chi connectivity index (χ1) is 6.57. The maximum atomic E-state index is 5.91. The first-order valence-corrected chi connectivity index (χ1v) is 5.17. The molecule has 1 aliphatic rings. The Kier molecular flexibility index (Phi) is 2.31. The Hall–Kier alpha value is -0.890. The normalized spacial score (nSPS) is 18.8. The highest BCUT2D eigenvalue weighted by molar-refractivity contribution is 6.30. The predicted molar refractivity (Wildman–Crippen MR) is 59.3 cm³/mol. The molecule has 1 aliphatic heterocycles. The van der Waals surface area contributed by atoms with E-state index in [0.717, 1.165) is 29.4 Å². The molecule has 0 radical (unpaired) electrons. The zero-order chi connectivity index (χ0) is 10.2. The van der Waals surface area contributed by atoms with Gasteiger partial charge in [-0.2, -0.15) is 0 Å². The van der Waals surface area contributed by atoms with Crippen LogP contribution in [0.3, 0.4) is 0 Å². The van der Waals surface area contributed by atoms with E-state index in [0.29, 0.717) is 0 Å². The van der Waals surface area contributed by atoms with Crippen LogP contribution in [0, 0.1) is 0 Å². The van der Waals surface area contributed by atoms with E-state index in [2.05, 4.69) is 19.2 Å². The van der Waals surface area contributed by atoms with Crippen LogP contribution in [-0.2, 0) is 0 Å². The molecule has 0 aromatic heterocycles. The number of anilines is 1. The Morgan fingerprint density at radius 1 is 1.43 bits per heavy atom. The number of benzene rings is 1. The number of hydrogen-bond donors (Lipinski definition) is 1. The number of halogens is 1. The van der Waals surface area contributed by atoms with Crippen LogP contribution in [0.1, 0.15) is 20.3 Å². The van der Waals surface area contributed by atoms with Crippen molar-refractivity contribution in [1.82, 2.24) is 0 Å². The summed E-state index contributed by atoms with van der Waals surface area (Å²) < 4.78 is 5.88. The Bertz CT molecular complexity index is 349. The van der Waals surface area contributed by atoms with Gasteiger partial charge in [0.15, 0.2) is 0 Å². The van der Waals surface area contributed by atoms with Crippen LogP contribution in [0.2, 0.25) is 5.02 Å². The summed E-state index contributed by atoms with van der Waals surface area (Å²) in [7, 11) is 0. The summed E-state index contributed by atoms with van der Waals surface area (Å²) in [6.07, 6.45) is 0.985. The molecular weight excluding hydrogens is 198 g/mol. The lowest BCUT2D eigenvalue weighted by molar-refractivity contribution is 0.108. The summed E-state index contributed by atoms with van der Waals surface area (Å²) in [4.78, 5) is 0. The molecule has 0 atom stereocenters. The highest BCUT2D eigenvalue weighted by atomic mass is 35.5. The van der Waals surface area contributed by atoms with Crippen molar-refractivity contribution in [2.75, 3.05) is 11.9 Å². The number of fused-ring (bicyclic) bond motifs is 1. The van der Waals surface area contributed by atoms with Crippen LogP contribution in [0.4, 0.5) is 5.69 Å². The molecule has 0 saturated carbocycles. The van der Waals surface area contributed by atoms with Gasteiger partial charge in [0.25, 0.3) is 0 Å². The second-order valence-corrected chi connectivity index (χ2v) is 4.62. The zero-order valence-electron chi connectivity index (χ0n) is 8.43. The zero-order valence-corrected chi connectivity index (χ0v) is 9.19. The first-order valence-electron chi connectivity index (χ1n) is 4.79. The van der Waals surface area contributed by atoms with Crippen LogP contribution in [-0.4, -0.2) is 12.1 Å². The summed E-state index contributed by atoms with van der Waals surface area (Å²) in [5.41, 5.74) is 0.884. The summed E-state index contributed by atoms with van der Waals surface area (Å²) in [6, 6.07) is 5.67. The van der Waals surface area contributed by atoms with Gasteiger partial charge in [-0.25, -0.2) is 0 Å². The quantitative estimate of drug-likeness (QED) is 0.711. The molecule has 1 aromatic rings. The van der Waals surface area contributed by atoms with Gasteiger partial charge < -0.3 is 10.1 Å². The third-order valence-corrected chi connectivity index (χ3v) is 2.61. The molecule has 0 unspecified atom stereocenters. The van der Waals surface area contributed by atoms with Crippen molar-refractivity contribution in [3.8, 4) is 5.75 Å². The maximum Gasteiger partial charge on any atom is 0.143 e. The van der Waals surface area contributed by atoms with E-state index in [-0.39, 0.29) is 5.60 Å². The van der Waals surface area contributed by atoms with Gasteiger partial charge in [0, 0.05) is 18.0 Å². The van der Waals surface area contributed by atoms with Crippen LogP contribution < -0.4 is 10.1 Å². The van der Waals surface area contributed by atoms with Gasteiger partial charge in [-0.1, -0.05) is 11.6 Å². The van der Waals surface area contributed by atoms with Crippen LogP contribution in [0.5, 0.6) is 5.75 Å². The van der Waals surface area contributed by atoms with Gasteiger partial charge in [0.2, 0.25) is 0 Å². The smallest absolute Gasteiger partial charge is 0.143 e. The minimum atomic E-state index is -0.105. The molecule has 2 rings (SSSR count). The maximum absolute atomic E-state index is 5.91. The second-order valence-electron chi connectivity index (χ2n) is 4.18. The Morgan fingerprint density at radius 3 is 3.00 bits per heavy atom. The molecule has 1 aromatic carbocycles. The largest absolute Gasteiger partial charge is 0.486 e. The van der Waals surface area contributed by atoms with Crippen LogP contribution in [0.25, 0.3) is 0 Å². The minimum absolute atomic E-state index is 0.105. The number of hydrogen-bond acceptors (Lipinski definition) is 2. The molecule has 76 valence electrons. The Balaban J connectivity index is 2.37. The average Bonchev–Trinajstić information content (AvgIpc) is 2.22. The molecular formula is C11H14ClNO. The molecule has 0 spiro atoms. The van der Waals surface area contributed by atoms with E-state index >= 15 is 0 Å². The fourth-order valence-corrected chi connectivity index (χ4v) is 1.75. The van der Waals surface area contributed by atoms with Gasteiger partial charge in [0.05, 0.1) is 5.69 Å². The molecule has 2 nitrogen and oxygen atoms in total. The molecule has 0 amide bonds. The lowest BCUT2D eigenvalue weighted by Crippen LogP contribution is -2.28. The molecule has 0 bridgehead atoms. The van der Waals surface area contributed by atoms with Gasteiger partial charge in [-0.3, -0.25) is 0 Å². The van der Waals surface area contributed by atoms with Crippen LogP contribution in [0.15, 0.2) is 18.2 Å². The molecule has 14 heavy (non-hydrogen) atoms. The fraction of sp³-hybridized carbons (Fsp3) is 0.455. The summed E-state index contributed by atoms with van der Waals surface area (Å²) in [6.45, 7) is 5.11. The van der Waals surface area contributed by atoms with E-state index in [1.54, 1.807) is 0 Å². The van der Waals surface area contributed by atoms with Crippen molar-refractivity contribution in [3.63, 3.8) is 0 Å². The Morgan fingerprint density at radius 2 is 2.21 bits per heavy atom. The first kappa shape index (κ1) is 9.66. The van der Waals surface area contributed by atoms with Crippen molar-refractivity contribution in [2.24, 2.45) is 0 Å². The van der Waals surface area contributed by atoms with Crippen molar-refractivity contribution in [2.45, 2.75) is 25.9 Å². The fourth-order valence-electron chi connectivity index (χ4n) is 1.58. The molecule has 0 fully saturated rings. The molecule has 3 heteroatoms. The van der Waals surface area contributed by atoms with Crippen molar-refractivity contribution < 1.29 is 4.74 Å². The molecule has 0 aliphatic carbocycles. The SMILES string of the molecule is CC1(C)CCNc2cc(Cl)ccc2O1. The van der Waals surface area contributed by atoms with E-state index < -0.39 is 0 Å². The number of rotatable bonds is 0. The number of nitrogens with one attached hydrogen (secondary N) is 1. The lowest BCUT2D eigenvalue weighted by Gasteiger charge is -2.23. The Labute approximate surface area is 89.2 Å². The lowest BCUT2D eigenvalue weighted by atomic mass is 10.1. The van der Waals surface area contributed by atoms with Crippen molar-refractivity contribution >= 4 is 17.3 Å². The van der Waals surface area contributed by atoms with E-state index in [1.807, 2.05) is 18.2 Å². The highest BCUT2D eigenvalue weighted by Gasteiger charge is 2.23. The summed E-state index contributed by atoms with van der Waals surface area (Å²) in [5.74, 6) is 0.886. The van der Waals surface area contributed by atoms with Crippen molar-refractivity contribution in [3.05, 3.63) is 23.2 Å². The molecule has 1 N–H and O–H groups in total. The van der Waals surface area contributed by atoms with E-state index in [4.69, 9.17) is 16.3 Å². The summed E-state index contributed by atoms with van der Waals surface area (Å²) in [5, 5.41) is 4.05.